The Bertz CT molecular complexity index is 1050. The monoisotopic (exact) mass is 352 g/mol. The van der Waals surface area contributed by atoms with Crippen LogP contribution in [0, 0.1) is 0 Å². The number of anilines is 1. The number of benzene rings is 1. The third-order valence-electron chi connectivity index (χ3n) is 4.01. The van der Waals surface area contributed by atoms with Gasteiger partial charge in [-0.15, -0.1) is 10.2 Å². The number of carbonyl (C=O) groups is 1. The zero-order chi connectivity index (χ0) is 17.2. The predicted octanol–water partition coefficient (Wildman–Crippen LogP) is 3.77. The quantitative estimate of drug-likeness (QED) is 0.554. The topological polar surface area (TPSA) is 72.4 Å². The van der Waals surface area contributed by atoms with Crippen LogP contribution in [0.5, 0.6) is 0 Å². The second kappa shape index (κ2) is 6.60. The third kappa shape index (κ3) is 2.98. The molecule has 3 heterocycles. The zero-order valence-electron chi connectivity index (χ0n) is 13.6. The number of para-hydroxylation sites is 1. The van der Waals surface area contributed by atoms with Crippen LogP contribution < -0.4 is 5.32 Å². The van der Waals surface area contributed by atoms with Crippen LogP contribution in [-0.2, 0) is 11.2 Å². The Hall–Kier alpha value is -2.80. The van der Waals surface area contributed by atoms with Gasteiger partial charge in [0.2, 0.25) is 5.91 Å². The molecular formula is C18H16N4O2S. The largest absolute Gasteiger partial charge is 0.463 e. The molecule has 25 heavy (non-hydrogen) atoms. The fourth-order valence-corrected chi connectivity index (χ4v) is 3.54. The second-order valence-electron chi connectivity index (χ2n) is 5.55. The van der Waals surface area contributed by atoms with Crippen LogP contribution in [0.25, 0.3) is 16.6 Å². The molecule has 126 valence electrons. The summed E-state index contributed by atoms with van der Waals surface area (Å²) in [6, 6.07) is 11.6. The summed E-state index contributed by atoms with van der Waals surface area (Å²) in [6.07, 6.45) is 4.16. The Balaban J connectivity index is 1.51. The molecule has 0 fully saturated rings. The molecule has 7 heteroatoms. The van der Waals surface area contributed by atoms with Crippen LogP contribution in [0.4, 0.5) is 5.69 Å². The first-order chi connectivity index (χ1) is 12.3. The molecule has 0 spiro atoms. The Morgan fingerprint density at radius 3 is 3.04 bits per heavy atom. The van der Waals surface area contributed by atoms with Crippen LogP contribution >= 0.6 is 11.8 Å². The lowest BCUT2D eigenvalue weighted by atomic mass is 10.1. The van der Waals surface area contributed by atoms with E-state index >= 15 is 0 Å². The predicted molar refractivity (Wildman–Crippen MR) is 97.9 cm³/mol. The van der Waals surface area contributed by atoms with E-state index in [0.29, 0.717) is 5.03 Å². The first-order valence-corrected chi connectivity index (χ1v) is 8.95. The van der Waals surface area contributed by atoms with Gasteiger partial charge in [0.25, 0.3) is 0 Å². The number of rotatable bonds is 5. The van der Waals surface area contributed by atoms with Crippen molar-refractivity contribution in [2.45, 2.75) is 18.4 Å². The van der Waals surface area contributed by atoms with Crippen molar-refractivity contribution < 1.29 is 9.21 Å². The molecule has 0 radical (unpaired) electrons. The summed E-state index contributed by atoms with van der Waals surface area (Å²) in [5.74, 6) is 0.198. The Kier molecular flexibility index (Phi) is 4.15. The van der Waals surface area contributed by atoms with E-state index in [2.05, 4.69) is 22.4 Å². The second-order valence-corrected chi connectivity index (χ2v) is 6.52. The van der Waals surface area contributed by atoms with Crippen LogP contribution in [0.15, 0.2) is 58.4 Å². The van der Waals surface area contributed by atoms with Gasteiger partial charge in [0.15, 0.2) is 5.58 Å². The van der Waals surface area contributed by atoms with Gasteiger partial charge in [-0.05, 0) is 18.1 Å². The molecule has 0 unspecified atom stereocenters. The van der Waals surface area contributed by atoms with Gasteiger partial charge in [0, 0.05) is 17.8 Å². The fourth-order valence-electron chi connectivity index (χ4n) is 2.79. The maximum absolute atomic E-state index is 12.3. The molecule has 4 aromatic rings. The number of carbonyl (C=O) groups excluding carboxylic acids is 1. The summed E-state index contributed by atoms with van der Waals surface area (Å²) in [5.41, 5.74) is 4.58. The minimum atomic E-state index is -0.0649. The molecule has 1 aromatic carbocycles. The van der Waals surface area contributed by atoms with Crippen molar-refractivity contribution in [2.24, 2.45) is 0 Å². The number of fused-ring (bicyclic) bond motifs is 3. The number of amides is 1. The first kappa shape index (κ1) is 15.7. The van der Waals surface area contributed by atoms with Crippen molar-refractivity contribution in [1.29, 1.82) is 0 Å². The highest BCUT2D eigenvalue weighted by Crippen LogP contribution is 2.27. The minimum Gasteiger partial charge on any atom is -0.463 e. The van der Waals surface area contributed by atoms with E-state index in [1.165, 1.54) is 11.8 Å². The SMILES string of the molecule is CCc1ccccc1NC(=O)CSc1nncn2c1cc1occc12. The average molecular weight is 352 g/mol. The number of nitrogens with zero attached hydrogens (tertiary/aromatic N) is 3. The van der Waals surface area contributed by atoms with Gasteiger partial charge in [-0.1, -0.05) is 36.9 Å². The summed E-state index contributed by atoms with van der Waals surface area (Å²) >= 11 is 1.36. The molecule has 0 saturated carbocycles. The highest BCUT2D eigenvalue weighted by molar-refractivity contribution is 8.00. The van der Waals surface area contributed by atoms with Crippen molar-refractivity contribution >= 4 is 40.0 Å². The van der Waals surface area contributed by atoms with E-state index in [-0.39, 0.29) is 11.7 Å². The molecule has 0 bridgehead atoms. The fraction of sp³-hybridized carbons (Fsp3) is 0.167. The molecule has 3 aromatic heterocycles. The summed E-state index contributed by atoms with van der Waals surface area (Å²) < 4.78 is 7.34. The highest BCUT2D eigenvalue weighted by Gasteiger charge is 2.13. The highest BCUT2D eigenvalue weighted by atomic mass is 32.2. The maximum atomic E-state index is 12.3. The van der Waals surface area contributed by atoms with E-state index in [4.69, 9.17) is 4.42 Å². The molecule has 1 N–H and O–H groups in total. The molecule has 0 saturated heterocycles. The molecule has 0 aliphatic rings. The van der Waals surface area contributed by atoms with E-state index < -0.39 is 0 Å². The van der Waals surface area contributed by atoms with Crippen molar-refractivity contribution in [1.82, 2.24) is 14.6 Å². The number of hydrogen-bond acceptors (Lipinski definition) is 5. The molecular weight excluding hydrogens is 336 g/mol. The Labute approximate surface area is 148 Å². The average Bonchev–Trinajstić information content (AvgIpc) is 3.22. The van der Waals surface area contributed by atoms with Crippen molar-refractivity contribution in [3.63, 3.8) is 0 Å². The standard InChI is InChI=1S/C18H16N4O2S/c1-2-12-5-3-4-6-13(12)20-17(23)10-25-18-15-9-16-14(7-8-24-16)22(15)11-19-21-18/h3-9,11H,2,10H2,1H3,(H,20,23). The summed E-state index contributed by atoms with van der Waals surface area (Å²) in [6.45, 7) is 2.07. The van der Waals surface area contributed by atoms with Crippen LogP contribution in [0.3, 0.4) is 0 Å². The minimum absolute atomic E-state index is 0.0649. The summed E-state index contributed by atoms with van der Waals surface area (Å²) in [7, 11) is 0. The lowest BCUT2D eigenvalue weighted by Crippen LogP contribution is -2.15. The van der Waals surface area contributed by atoms with E-state index in [1.54, 1.807) is 12.6 Å². The van der Waals surface area contributed by atoms with Gasteiger partial charge in [0.05, 0.1) is 23.0 Å². The van der Waals surface area contributed by atoms with Crippen molar-refractivity contribution in [3.05, 3.63) is 54.6 Å². The number of nitrogens with one attached hydrogen (secondary N) is 1. The number of furan rings is 1. The number of aryl methyl sites for hydroxylation is 1. The molecule has 0 aliphatic carbocycles. The Morgan fingerprint density at radius 1 is 1.28 bits per heavy atom. The lowest BCUT2D eigenvalue weighted by molar-refractivity contribution is -0.113. The van der Waals surface area contributed by atoms with E-state index in [0.717, 1.165) is 34.3 Å². The number of hydrogen-bond donors (Lipinski definition) is 1. The maximum Gasteiger partial charge on any atom is 0.234 e. The van der Waals surface area contributed by atoms with Crippen molar-refractivity contribution in [2.75, 3.05) is 11.1 Å². The van der Waals surface area contributed by atoms with Gasteiger partial charge in [-0.2, -0.15) is 0 Å². The van der Waals surface area contributed by atoms with Crippen LogP contribution in [-0.4, -0.2) is 26.3 Å². The molecule has 0 aliphatic heterocycles. The van der Waals surface area contributed by atoms with Crippen LogP contribution in [0.1, 0.15) is 12.5 Å². The summed E-state index contributed by atoms with van der Waals surface area (Å²) in [5, 5.41) is 11.9. The van der Waals surface area contributed by atoms with Crippen molar-refractivity contribution in [3.8, 4) is 0 Å². The third-order valence-corrected chi connectivity index (χ3v) is 4.98. The van der Waals surface area contributed by atoms with E-state index in [1.807, 2.05) is 40.8 Å². The van der Waals surface area contributed by atoms with Gasteiger partial charge >= 0.3 is 0 Å². The first-order valence-electron chi connectivity index (χ1n) is 7.96. The number of aromatic nitrogens is 3. The molecule has 1 amide bonds. The van der Waals surface area contributed by atoms with Gasteiger partial charge in [-0.3, -0.25) is 9.20 Å². The smallest absolute Gasteiger partial charge is 0.234 e. The van der Waals surface area contributed by atoms with Crippen LogP contribution in [0.2, 0.25) is 0 Å². The van der Waals surface area contributed by atoms with Gasteiger partial charge in [-0.25, -0.2) is 0 Å². The summed E-state index contributed by atoms with van der Waals surface area (Å²) in [4.78, 5) is 12.3. The molecule has 4 rings (SSSR count). The lowest BCUT2D eigenvalue weighted by Gasteiger charge is -2.09. The molecule has 0 atom stereocenters. The normalized spacial score (nSPS) is 11.2. The molecule has 6 nitrogen and oxygen atoms in total. The number of thioether (sulfide) groups is 1. The van der Waals surface area contributed by atoms with E-state index in [9.17, 15) is 4.79 Å². The van der Waals surface area contributed by atoms with Gasteiger partial charge < -0.3 is 9.73 Å². The Morgan fingerprint density at radius 2 is 2.16 bits per heavy atom. The zero-order valence-corrected chi connectivity index (χ0v) is 14.4. The van der Waals surface area contributed by atoms with Gasteiger partial charge in [0.1, 0.15) is 11.4 Å².